The summed E-state index contributed by atoms with van der Waals surface area (Å²) in [5, 5.41) is 21.3. The van der Waals surface area contributed by atoms with Crippen molar-refractivity contribution in [2.75, 3.05) is 59.3 Å². The van der Waals surface area contributed by atoms with Crippen LogP contribution in [0.5, 0.6) is 0 Å². The van der Waals surface area contributed by atoms with Crippen molar-refractivity contribution in [3.05, 3.63) is 0 Å². The summed E-state index contributed by atoms with van der Waals surface area (Å²) >= 11 is 0. The van der Waals surface area contributed by atoms with Gasteiger partial charge in [-0.15, -0.1) is 0 Å². The van der Waals surface area contributed by atoms with Crippen LogP contribution in [0.4, 0.5) is 0 Å². The van der Waals surface area contributed by atoms with E-state index in [2.05, 4.69) is 12.2 Å². The highest BCUT2D eigenvalue weighted by Gasteiger charge is 2.03. The van der Waals surface area contributed by atoms with E-state index in [4.69, 9.17) is 19.3 Å². The number of aliphatic hydroxyl groups is 2. The Hall–Kier alpha value is -0.240. The monoisotopic (exact) mass is 293 g/mol. The van der Waals surface area contributed by atoms with Gasteiger partial charge in [-0.3, -0.25) is 0 Å². The maximum atomic E-state index is 9.64. The van der Waals surface area contributed by atoms with Gasteiger partial charge in [0.05, 0.1) is 39.1 Å². The molecule has 0 radical (unpaired) electrons. The van der Waals surface area contributed by atoms with Gasteiger partial charge in [-0.25, -0.2) is 0 Å². The average Bonchev–Trinajstić information content (AvgIpc) is 2.45. The van der Waals surface area contributed by atoms with Gasteiger partial charge in [0, 0.05) is 19.8 Å². The van der Waals surface area contributed by atoms with Gasteiger partial charge >= 0.3 is 0 Å². The van der Waals surface area contributed by atoms with Crippen LogP contribution in [0.25, 0.3) is 0 Å². The summed E-state index contributed by atoms with van der Waals surface area (Å²) < 4.78 is 15.8. The van der Waals surface area contributed by atoms with E-state index < -0.39 is 6.10 Å². The van der Waals surface area contributed by atoms with Crippen molar-refractivity contribution in [2.24, 2.45) is 0 Å². The van der Waals surface area contributed by atoms with Crippen molar-refractivity contribution in [1.82, 2.24) is 5.32 Å². The molecule has 0 aromatic carbocycles. The molecule has 1 unspecified atom stereocenters. The first-order valence-corrected chi connectivity index (χ1v) is 7.54. The molecule has 0 aromatic heterocycles. The molecule has 122 valence electrons. The molecule has 0 aliphatic heterocycles. The SMILES string of the molecule is CCCCOCCOCC(O)CNCCCOCCO. The third-order valence-electron chi connectivity index (χ3n) is 2.58. The number of unbranched alkanes of at least 4 members (excludes halogenated alkanes) is 1. The normalized spacial score (nSPS) is 12.8. The van der Waals surface area contributed by atoms with Gasteiger partial charge < -0.3 is 29.7 Å². The molecule has 0 spiro atoms. The van der Waals surface area contributed by atoms with Gasteiger partial charge in [-0.1, -0.05) is 13.3 Å². The van der Waals surface area contributed by atoms with Crippen LogP contribution in [0, 0.1) is 0 Å². The second-order valence-corrected chi connectivity index (χ2v) is 4.59. The topological polar surface area (TPSA) is 80.2 Å². The zero-order valence-corrected chi connectivity index (χ0v) is 12.7. The number of ether oxygens (including phenoxy) is 3. The molecule has 0 fully saturated rings. The molecule has 0 saturated heterocycles. The van der Waals surface area contributed by atoms with Gasteiger partial charge in [0.15, 0.2) is 0 Å². The van der Waals surface area contributed by atoms with Crippen LogP contribution in [0.3, 0.4) is 0 Å². The zero-order valence-electron chi connectivity index (χ0n) is 12.7. The Bertz CT molecular complexity index is 165. The molecule has 0 aliphatic carbocycles. The number of hydrogen-bond acceptors (Lipinski definition) is 6. The summed E-state index contributed by atoms with van der Waals surface area (Å²) in [6, 6.07) is 0. The van der Waals surface area contributed by atoms with Crippen LogP contribution in [0.1, 0.15) is 26.2 Å². The molecule has 0 rings (SSSR count). The van der Waals surface area contributed by atoms with Crippen LogP contribution in [0.2, 0.25) is 0 Å². The smallest absolute Gasteiger partial charge is 0.0897 e. The Morgan fingerprint density at radius 1 is 0.950 bits per heavy atom. The maximum absolute atomic E-state index is 9.64. The molecule has 6 nitrogen and oxygen atoms in total. The summed E-state index contributed by atoms with van der Waals surface area (Å²) in [4.78, 5) is 0. The highest BCUT2D eigenvalue weighted by Crippen LogP contribution is 1.89. The summed E-state index contributed by atoms with van der Waals surface area (Å²) in [6.07, 6.45) is 2.58. The molecule has 20 heavy (non-hydrogen) atoms. The Kier molecular flexibility index (Phi) is 16.6. The first kappa shape index (κ1) is 19.8. The van der Waals surface area contributed by atoms with Crippen molar-refractivity contribution in [3.8, 4) is 0 Å². The van der Waals surface area contributed by atoms with Crippen LogP contribution in [-0.2, 0) is 14.2 Å². The molecule has 0 aliphatic rings. The average molecular weight is 293 g/mol. The third-order valence-corrected chi connectivity index (χ3v) is 2.58. The van der Waals surface area contributed by atoms with Crippen molar-refractivity contribution in [2.45, 2.75) is 32.3 Å². The molecule has 6 heteroatoms. The third kappa shape index (κ3) is 15.8. The van der Waals surface area contributed by atoms with Crippen LogP contribution in [-0.4, -0.2) is 75.7 Å². The summed E-state index contributed by atoms with van der Waals surface area (Å²) in [5.41, 5.74) is 0. The Labute approximate surface area is 122 Å². The Morgan fingerprint density at radius 3 is 2.40 bits per heavy atom. The van der Waals surface area contributed by atoms with E-state index in [-0.39, 0.29) is 6.61 Å². The van der Waals surface area contributed by atoms with E-state index in [0.29, 0.717) is 39.6 Å². The fourth-order valence-corrected chi connectivity index (χ4v) is 1.48. The summed E-state index contributed by atoms with van der Waals surface area (Å²) in [5.74, 6) is 0. The van der Waals surface area contributed by atoms with E-state index in [0.717, 1.165) is 32.4 Å². The van der Waals surface area contributed by atoms with Crippen LogP contribution >= 0.6 is 0 Å². The first-order chi connectivity index (χ1) is 9.81. The largest absolute Gasteiger partial charge is 0.394 e. The van der Waals surface area contributed by atoms with Gasteiger partial charge in [0.1, 0.15) is 0 Å². The van der Waals surface area contributed by atoms with Crippen LogP contribution in [0.15, 0.2) is 0 Å². The van der Waals surface area contributed by atoms with Crippen molar-refractivity contribution in [1.29, 1.82) is 0 Å². The van der Waals surface area contributed by atoms with E-state index in [1.165, 1.54) is 0 Å². The number of nitrogens with one attached hydrogen (secondary N) is 1. The highest BCUT2D eigenvalue weighted by molar-refractivity contribution is 4.58. The second-order valence-electron chi connectivity index (χ2n) is 4.59. The predicted octanol–water partition coefficient (Wildman–Crippen LogP) is 0.169. The fraction of sp³-hybridized carbons (Fsp3) is 1.00. The lowest BCUT2D eigenvalue weighted by molar-refractivity contribution is 0.00379. The highest BCUT2D eigenvalue weighted by atomic mass is 16.5. The van der Waals surface area contributed by atoms with E-state index >= 15 is 0 Å². The Morgan fingerprint density at radius 2 is 1.65 bits per heavy atom. The van der Waals surface area contributed by atoms with Crippen molar-refractivity contribution in [3.63, 3.8) is 0 Å². The molecular weight excluding hydrogens is 262 g/mol. The van der Waals surface area contributed by atoms with E-state index in [9.17, 15) is 5.11 Å². The van der Waals surface area contributed by atoms with Gasteiger partial charge in [0.25, 0.3) is 0 Å². The maximum Gasteiger partial charge on any atom is 0.0897 e. The molecule has 0 amide bonds. The zero-order chi connectivity index (χ0) is 14.9. The van der Waals surface area contributed by atoms with Gasteiger partial charge in [0.2, 0.25) is 0 Å². The lowest BCUT2D eigenvalue weighted by Crippen LogP contribution is -2.31. The molecule has 0 heterocycles. The summed E-state index contributed by atoms with van der Waals surface area (Å²) in [7, 11) is 0. The standard InChI is InChI=1S/C14H31NO5/c1-2-3-7-19-10-11-20-13-14(17)12-15-5-4-8-18-9-6-16/h14-17H,2-13H2,1H3. The lowest BCUT2D eigenvalue weighted by atomic mass is 10.3. The molecule has 0 bridgehead atoms. The van der Waals surface area contributed by atoms with Crippen molar-refractivity contribution >= 4 is 0 Å². The fourth-order valence-electron chi connectivity index (χ4n) is 1.48. The molecule has 0 aromatic rings. The van der Waals surface area contributed by atoms with Crippen LogP contribution < -0.4 is 5.32 Å². The first-order valence-electron chi connectivity index (χ1n) is 7.54. The minimum absolute atomic E-state index is 0.0612. The molecule has 1 atom stereocenters. The number of hydrogen-bond donors (Lipinski definition) is 3. The van der Waals surface area contributed by atoms with E-state index in [1.54, 1.807) is 0 Å². The molecular formula is C14H31NO5. The predicted molar refractivity (Wildman–Crippen MR) is 77.9 cm³/mol. The minimum atomic E-state index is -0.496. The minimum Gasteiger partial charge on any atom is -0.394 e. The second kappa shape index (κ2) is 16.8. The Balaban J connectivity index is 3.11. The summed E-state index contributed by atoms with van der Waals surface area (Å²) in [6.45, 7) is 6.70. The van der Waals surface area contributed by atoms with Crippen molar-refractivity contribution < 1.29 is 24.4 Å². The number of aliphatic hydroxyl groups excluding tert-OH is 2. The lowest BCUT2D eigenvalue weighted by Gasteiger charge is -2.12. The number of rotatable bonds is 16. The van der Waals surface area contributed by atoms with Gasteiger partial charge in [-0.2, -0.15) is 0 Å². The molecule has 0 saturated carbocycles. The quantitative estimate of drug-likeness (QED) is 0.352. The van der Waals surface area contributed by atoms with Gasteiger partial charge in [-0.05, 0) is 19.4 Å². The van der Waals surface area contributed by atoms with E-state index in [1.807, 2.05) is 0 Å². The molecule has 3 N–H and O–H groups in total.